The highest BCUT2D eigenvalue weighted by molar-refractivity contribution is 9.10. The van der Waals surface area contributed by atoms with Crippen molar-refractivity contribution in [3.05, 3.63) is 64.6 Å². The number of hydrogen-bond acceptors (Lipinski definition) is 2. The number of benzene rings is 2. The summed E-state index contributed by atoms with van der Waals surface area (Å²) in [5, 5.41) is 0. The van der Waals surface area contributed by atoms with Crippen LogP contribution in [0.4, 0.5) is 4.39 Å². The van der Waals surface area contributed by atoms with E-state index in [0.717, 1.165) is 21.1 Å². The van der Waals surface area contributed by atoms with Crippen LogP contribution in [0.5, 0.6) is 0 Å². The summed E-state index contributed by atoms with van der Waals surface area (Å²) in [6.45, 7) is 0. The van der Waals surface area contributed by atoms with Gasteiger partial charge in [0.1, 0.15) is 0 Å². The van der Waals surface area contributed by atoms with Gasteiger partial charge in [0.05, 0.1) is 0 Å². The van der Waals surface area contributed by atoms with Crippen molar-refractivity contribution in [2.24, 2.45) is 0 Å². The fourth-order valence-electron chi connectivity index (χ4n) is 1.45. The quantitative estimate of drug-likeness (QED) is 0.598. The highest BCUT2D eigenvalue weighted by Crippen LogP contribution is 2.28. The fraction of sp³-hybridized carbons (Fsp3) is 0.0714. The van der Waals surface area contributed by atoms with Crippen molar-refractivity contribution in [1.29, 1.82) is 0 Å². The summed E-state index contributed by atoms with van der Waals surface area (Å²) in [5.74, 6) is -0.499. The van der Waals surface area contributed by atoms with Gasteiger partial charge < -0.3 is 0 Å². The van der Waals surface area contributed by atoms with Gasteiger partial charge in [-0.15, -0.1) is 0 Å². The zero-order valence-electron chi connectivity index (χ0n) is 9.35. The molecule has 1 atom stereocenters. The largest absolute Gasteiger partial charge is 0.290 e. The lowest BCUT2D eigenvalue weighted by Gasteiger charge is -2.07. The molecule has 0 fully saturated rings. The zero-order chi connectivity index (χ0) is 13.0. The number of rotatable bonds is 4. The Morgan fingerprint density at radius 3 is 2.50 bits per heavy atom. The van der Waals surface area contributed by atoms with Crippen LogP contribution in [0, 0.1) is 0 Å². The summed E-state index contributed by atoms with van der Waals surface area (Å²) in [5.41, 5.74) is -1.19. The molecule has 2 rings (SSSR count). The third kappa shape index (κ3) is 3.43. The molecule has 2 aromatic carbocycles. The van der Waals surface area contributed by atoms with E-state index in [0.29, 0.717) is 5.56 Å². The Morgan fingerprint density at radius 1 is 1.11 bits per heavy atom. The van der Waals surface area contributed by atoms with Crippen molar-refractivity contribution >= 4 is 33.5 Å². The molecule has 0 radical (unpaired) electrons. The van der Waals surface area contributed by atoms with Crippen LogP contribution in [0.15, 0.2) is 64.0 Å². The van der Waals surface area contributed by atoms with Crippen molar-refractivity contribution in [2.45, 2.75) is 10.4 Å². The third-order valence-corrected chi connectivity index (χ3v) is 3.74. The van der Waals surface area contributed by atoms with Gasteiger partial charge in [0.2, 0.25) is 11.3 Å². The number of carbonyl (C=O) groups excluding carboxylic acids is 1. The molecule has 0 aliphatic carbocycles. The number of Topliss-reactive ketones (excluding diaryl/α,β-unsaturated/α-hetero) is 1. The van der Waals surface area contributed by atoms with Gasteiger partial charge in [0, 0.05) is 14.9 Å². The van der Waals surface area contributed by atoms with E-state index in [1.165, 1.54) is 0 Å². The lowest BCUT2D eigenvalue weighted by Crippen LogP contribution is -2.11. The van der Waals surface area contributed by atoms with Crippen molar-refractivity contribution in [2.75, 3.05) is 0 Å². The van der Waals surface area contributed by atoms with Gasteiger partial charge in [0.15, 0.2) is 0 Å². The van der Waals surface area contributed by atoms with Crippen molar-refractivity contribution < 1.29 is 9.18 Å². The van der Waals surface area contributed by atoms with Gasteiger partial charge in [0.25, 0.3) is 0 Å². The number of thioether (sulfide) groups is 1. The molecule has 2 aromatic rings. The van der Waals surface area contributed by atoms with Crippen LogP contribution in [-0.2, 0) is 0 Å². The predicted octanol–water partition coefficient (Wildman–Crippen LogP) is 4.72. The molecule has 0 aliphatic heterocycles. The Kier molecular flexibility index (Phi) is 4.55. The summed E-state index contributed by atoms with van der Waals surface area (Å²) < 4.78 is 14.8. The van der Waals surface area contributed by atoms with Crippen LogP contribution in [0.2, 0.25) is 0 Å². The summed E-state index contributed by atoms with van der Waals surface area (Å²) in [6, 6.07) is 15.7. The van der Waals surface area contributed by atoms with Crippen LogP contribution in [0.25, 0.3) is 0 Å². The fourth-order valence-corrected chi connectivity index (χ4v) is 2.83. The minimum atomic E-state index is -1.58. The molecule has 0 aromatic heterocycles. The maximum absolute atomic E-state index is 13.9. The SMILES string of the molecule is O=C(c1ccccc1)C(F)Sc1cccc(Br)c1. The average Bonchev–Trinajstić information content (AvgIpc) is 2.39. The number of carbonyl (C=O) groups is 1. The monoisotopic (exact) mass is 324 g/mol. The molecule has 1 unspecified atom stereocenters. The first-order valence-electron chi connectivity index (χ1n) is 5.32. The van der Waals surface area contributed by atoms with Crippen molar-refractivity contribution in [3.63, 3.8) is 0 Å². The Labute approximate surface area is 118 Å². The van der Waals surface area contributed by atoms with Crippen molar-refractivity contribution in [3.8, 4) is 0 Å². The van der Waals surface area contributed by atoms with Gasteiger partial charge in [-0.3, -0.25) is 4.79 Å². The number of hydrogen-bond donors (Lipinski definition) is 0. The molecule has 18 heavy (non-hydrogen) atoms. The lowest BCUT2D eigenvalue weighted by atomic mass is 10.1. The molecule has 0 bridgehead atoms. The maximum Gasteiger partial charge on any atom is 0.213 e. The minimum absolute atomic E-state index is 0.396. The van der Waals surface area contributed by atoms with E-state index < -0.39 is 11.3 Å². The first kappa shape index (κ1) is 13.3. The lowest BCUT2D eigenvalue weighted by molar-refractivity contribution is 0.0939. The topological polar surface area (TPSA) is 17.1 Å². The highest BCUT2D eigenvalue weighted by atomic mass is 79.9. The second kappa shape index (κ2) is 6.16. The van der Waals surface area contributed by atoms with E-state index in [9.17, 15) is 9.18 Å². The molecule has 0 aliphatic rings. The second-order valence-electron chi connectivity index (χ2n) is 3.62. The van der Waals surface area contributed by atoms with E-state index in [2.05, 4.69) is 15.9 Å². The molecule has 92 valence electrons. The second-order valence-corrected chi connectivity index (χ2v) is 5.66. The standard InChI is InChI=1S/C14H10BrFOS/c15-11-7-4-8-12(9-11)18-14(16)13(17)10-5-2-1-3-6-10/h1-9,14H. The summed E-state index contributed by atoms with van der Waals surface area (Å²) in [4.78, 5) is 12.5. The van der Waals surface area contributed by atoms with Gasteiger partial charge in [-0.2, -0.15) is 0 Å². The Bertz CT molecular complexity index is 545. The molecular formula is C14H10BrFOS. The van der Waals surface area contributed by atoms with Crippen molar-refractivity contribution in [1.82, 2.24) is 0 Å². The van der Waals surface area contributed by atoms with E-state index in [-0.39, 0.29) is 0 Å². The van der Waals surface area contributed by atoms with E-state index in [4.69, 9.17) is 0 Å². The van der Waals surface area contributed by atoms with E-state index >= 15 is 0 Å². The molecular weight excluding hydrogens is 315 g/mol. The third-order valence-electron chi connectivity index (χ3n) is 2.30. The number of alkyl halides is 1. The average molecular weight is 325 g/mol. The van der Waals surface area contributed by atoms with Crippen LogP contribution >= 0.6 is 27.7 Å². The van der Waals surface area contributed by atoms with Crippen LogP contribution in [0.1, 0.15) is 10.4 Å². The highest BCUT2D eigenvalue weighted by Gasteiger charge is 2.20. The van der Waals surface area contributed by atoms with Gasteiger partial charge in [-0.05, 0) is 18.2 Å². The molecule has 0 spiro atoms. The van der Waals surface area contributed by atoms with Crippen LogP contribution in [0.3, 0.4) is 0 Å². The number of ketones is 1. The molecule has 0 saturated carbocycles. The minimum Gasteiger partial charge on any atom is -0.290 e. The Hall–Kier alpha value is -1.13. The van der Waals surface area contributed by atoms with Gasteiger partial charge in [-0.1, -0.05) is 64.1 Å². The van der Waals surface area contributed by atoms with E-state index in [1.807, 2.05) is 12.1 Å². The summed E-state index contributed by atoms with van der Waals surface area (Å²) >= 11 is 4.23. The molecule has 4 heteroatoms. The molecule has 1 nitrogen and oxygen atoms in total. The predicted molar refractivity (Wildman–Crippen MR) is 75.7 cm³/mol. The van der Waals surface area contributed by atoms with Gasteiger partial charge >= 0.3 is 0 Å². The maximum atomic E-state index is 13.9. The van der Waals surface area contributed by atoms with Gasteiger partial charge in [-0.25, -0.2) is 4.39 Å². The summed E-state index contributed by atoms with van der Waals surface area (Å²) in [6.07, 6.45) is 0. The molecule has 0 N–H and O–H groups in total. The number of halogens is 2. The Morgan fingerprint density at radius 2 is 1.83 bits per heavy atom. The Balaban J connectivity index is 2.09. The molecule has 0 saturated heterocycles. The molecule has 0 amide bonds. The summed E-state index contributed by atoms with van der Waals surface area (Å²) in [7, 11) is 0. The molecule has 0 heterocycles. The smallest absolute Gasteiger partial charge is 0.213 e. The first-order chi connectivity index (χ1) is 8.66. The van der Waals surface area contributed by atoms with Crippen LogP contribution in [-0.4, -0.2) is 11.3 Å². The van der Waals surface area contributed by atoms with Crippen LogP contribution < -0.4 is 0 Å². The first-order valence-corrected chi connectivity index (χ1v) is 6.99. The van der Waals surface area contributed by atoms with E-state index in [1.54, 1.807) is 42.5 Å². The zero-order valence-corrected chi connectivity index (χ0v) is 11.7. The normalized spacial score (nSPS) is 12.1.